The summed E-state index contributed by atoms with van der Waals surface area (Å²) in [7, 11) is 0. The molecule has 1 aliphatic heterocycles. The van der Waals surface area contributed by atoms with Crippen LogP contribution in [-0.4, -0.2) is 16.2 Å². The summed E-state index contributed by atoms with van der Waals surface area (Å²) in [5.74, 6) is 0.971. The number of ether oxygens (including phenoxy) is 1. The fraction of sp³-hybridized carbons (Fsp3) is 0.235. The van der Waals surface area contributed by atoms with Gasteiger partial charge < -0.3 is 14.3 Å². The zero-order valence-electron chi connectivity index (χ0n) is 11.8. The van der Waals surface area contributed by atoms with Crippen LogP contribution in [0.5, 0.6) is 5.75 Å². The Morgan fingerprint density at radius 2 is 2.05 bits per heavy atom. The first-order chi connectivity index (χ1) is 10.3. The van der Waals surface area contributed by atoms with Gasteiger partial charge in [-0.3, -0.25) is 0 Å². The van der Waals surface area contributed by atoms with Crippen molar-refractivity contribution in [3.63, 3.8) is 0 Å². The van der Waals surface area contributed by atoms with Gasteiger partial charge >= 0.3 is 0 Å². The first-order valence-electron chi connectivity index (χ1n) is 7.17. The predicted octanol–water partition coefficient (Wildman–Crippen LogP) is 4.38. The van der Waals surface area contributed by atoms with Crippen LogP contribution in [0.25, 0.3) is 11.0 Å². The fourth-order valence-electron chi connectivity index (χ4n) is 3.25. The lowest BCUT2D eigenvalue weighted by Crippen LogP contribution is -2.20. The van der Waals surface area contributed by atoms with Crippen LogP contribution < -0.4 is 4.74 Å². The van der Waals surface area contributed by atoms with E-state index in [1.807, 2.05) is 12.1 Å². The molecule has 3 nitrogen and oxygen atoms in total. The van der Waals surface area contributed by atoms with Gasteiger partial charge in [-0.2, -0.15) is 0 Å². The lowest BCUT2D eigenvalue weighted by atomic mass is 10.00. The van der Waals surface area contributed by atoms with Crippen LogP contribution in [0, 0.1) is 11.7 Å². The first-order valence-corrected chi connectivity index (χ1v) is 7.58. The molecular weight excluding hydrogens is 280 g/mol. The van der Waals surface area contributed by atoms with Crippen molar-refractivity contribution in [3.8, 4) is 5.75 Å². The van der Waals surface area contributed by atoms with Gasteiger partial charge in [-0.15, -0.1) is 0 Å². The molecule has 1 aliphatic rings. The van der Waals surface area contributed by atoms with E-state index in [4.69, 9.17) is 17.0 Å². The molecule has 2 heterocycles. The molecule has 4 rings (SSSR count). The molecule has 106 valence electrons. The summed E-state index contributed by atoms with van der Waals surface area (Å²) in [5.41, 5.74) is 4.75. The van der Waals surface area contributed by atoms with Gasteiger partial charge in [-0.1, -0.05) is 30.3 Å². The Balaban J connectivity index is 2.00. The van der Waals surface area contributed by atoms with E-state index in [1.54, 1.807) is 0 Å². The van der Waals surface area contributed by atoms with Gasteiger partial charge in [0, 0.05) is 12.0 Å². The third kappa shape index (κ3) is 1.90. The highest BCUT2D eigenvalue weighted by Gasteiger charge is 2.25. The molecule has 0 bridgehead atoms. The topological polar surface area (TPSA) is 29.9 Å². The van der Waals surface area contributed by atoms with Crippen LogP contribution in [0.15, 0.2) is 42.5 Å². The molecule has 0 aliphatic carbocycles. The minimum atomic E-state index is 0.234. The van der Waals surface area contributed by atoms with Crippen molar-refractivity contribution in [1.82, 2.24) is 9.55 Å². The molecule has 0 saturated heterocycles. The highest BCUT2D eigenvalue weighted by atomic mass is 32.1. The molecule has 0 spiro atoms. The Hall–Kier alpha value is -2.07. The number of hydrogen-bond donors (Lipinski definition) is 1. The molecule has 0 radical (unpaired) electrons. The number of fused-ring (bicyclic) bond motifs is 2. The standard InChI is InChI=1S/C17H16N2OS/c1-11-5-4-7-13-16(11)19(17(21)18-13)14-9-10-20-15-8-3-2-6-12(14)15/h2-8,14H,9-10H2,1H3,(H,18,21). The number of benzene rings is 2. The Kier molecular flexibility index (Phi) is 2.86. The summed E-state index contributed by atoms with van der Waals surface area (Å²) in [5, 5.41) is 0. The fourth-order valence-corrected chi connectivity index (χ4v) is 3.57. The predicted molar refractivity (Wildman–Crippen MR) is 86.6 cm³/mol. The maximum absolute atomic E-state index is 5.78. The summed E-state index contributed by atoms with van der Waals surface area (Å²) < 4.78 is 8.81. The van der Waals surface area contributed by atoms with Crippen molar-refractivity contribution in [2.75, 3.05) is 6.61 Å². The van der Waals surface area contributed by atoms with Gasteiger partial charge in [-0.05, 0) is 36.8 Å². The molecule has 4 heteroatoms. The average molecular weight is 296 g/mol. The lowest BCUT2D eigenvalue weighted by molar-refractivity contribution is 0.257. The molecular formula is C17H16N2OS. The summed E-state index contributed by atoms with van der Waals surface area (Å²) in [6.07, 6.45) is 0.937. The quantitative estimate of drug-likeness (QED) is 0.675. The van der Waals surface area contributed by atoms with Gasteiger partial charge in [0.15, 0.2) is 4.77 Å². The Morgan fingerprint density at radius 3 is 2.95 bits per heavy atom. The van der Waals surface area contributed by atoms with E-state index >= 15 is 0 Å². The number of nitrogens with zero attached hydrogens (tertiary/aromatic N) is 1. The number of imidazole rings is 1. The van der Waals surface area contributed by atoms with Crippen LogP contribution >= 0.6 is 12.2 Å². The van der Waals surface area contributed by atoms with Crippen LogP contribution in [0.4, 0.5) is 0 Å². The normalized spacial score (nSPS) is 17.5. The second-order valence-corrected chi connectivity index (χ2v) is 5.85. The van der Waals surface area contributed by atoms with E-state index in [2.05, 4.69) is 46.8 Å². The Bertz CT molecular complexity index is 878. The zero-order valence-corrected chi connectivity index (χ0v) is 12.6. The zero-order chi connectivity index (χ0) is 14.4. The number of nitrogens with one attached hydrogen (secondary N) is 1. The number of aryl methyl sites for hydroxylation is 1. The molecule has 3 aromatic rings. The molecule has 21 heavy (non-hydrogen) atoms. The molecule has 2 aromatic carbocycles. The third-order valence-corrected chi connectivity index (χ3v) is 4.48. The molecule has 0 fully saturated rings. The molecule has 1 aromatic heterocycles. The van der Waals surface area contributed by atoms with Crippen molar-refractivity contribution in [3.05, 3.63) is 58.4 Å². The smallest absolute Gasteiger partial charge is 0.178 e. The van der Waals surface area contributed by atoms with E-state index in [0.29, 0.717) is 0 Å². The monoisotopic (exact) mass is 296 g/mol. The van der Waals surface area contributed by atoms with Gasteiger partial charge in [0.2, 0.25) is 0 Å². The van der Waals surface area contributed by atoms with Crippen LogP contribution in [0.1, 0.15) is 23.6 Å². The van der Waals surface area contributed by atoms with Crippen molar-refractivity contribution in [2.24, 2.45) is 0 Å². The van der Waals surface area contributed by atoms with Crippen LogP contribution in [-0.2, 0) is 0 Å². The van der Waals surface area contributed by atoms with E-state index < -0.39 is 0 Å². The van der Waals surface area contributed by atoms with Crippen LogP contribution in [0.2, 0.25) is 0 Å². The van der Waals surface area contributed by atoms with Crippen molar-refractivity contribution in [2.45, 2.75) is 19.4 Å². The van der Waals surface area contributed by atoms with Crippen molar-refractivity contribution in [1.29, 1.82) is 0 Å². The summed E-state index contributed by atoms with van der Waals surface area (Å²) in [4.78, 5) is 3.33. The Morgan fingerprint density at radius 1 is 1.19 bits per heavy atom. The number of rotatable bonds is 1. The van der Waals surface area contributed by atoms with Gasteiger partial charge in [0.25, 0.3) is 0 Å². The molecule has 0 saturated carbocycles. The van der Waals surface area contributed by atoms with Gasteiger partial charge in [-0.25, -0.2) is 0 Å². The third-order valence-electron chi connectivity index (χ3n) is 4.18. The minimum absolute atomic E-state index is 0.234. The largest absolute Gasteiger partial charge is 0.493 e. The second-order valence-electron chi connectivity index (χ2n) is 5.46. The van der Waals surface area contributed by atoms with Crippen molar-refractivity contribution >= 4 is 23.3 Å². The van der Waals surface area contributed by atoms with E-state index in [1.165, 1.54) is 16.6 Å². The first kappa shape index (κ1) is 12.7. The van der Waals surface area contributed by atoms with Gasteiger partial charge in [0.1, 0.15) is 5.75 Å². The highest BCUT2D eigenvalue weighted by molar-refractivity contribution is 7.71. The summed E-state index contributed by atoms with van der Waals surface area (Å²) >= 11 is 5.59. The molecule has 1 unspecified atom stereocenters. The SMILES string of the molecule is Cc1cccc2[nH]c(=S)n(C3CCOc4ccccc43)c12. The number of aromatic amines is 1. The highest BCUT2D eigenvalue weighted by Crippen LogP contribution is 2.37. The average Bonchev–Trinajstić information content (AvgIpc) is 2.84. The number of hydrogen-bond acceptors (Lipinski definition) is 2. The summed E-state index contributed by atoms with van der Waals surface area (Å²) in [6.45, 7) is 2.86. The maximum Gasteiger partial charge on any atom is 0.178 e. The van der Waals surface area contributed by atoms with Crippen molar-refractivity contribution < 1.29 is 4.74 Å². The molecule has 1 atom stereocenters. The minimum Gasteiger partial charge on any atom is -0.493 e. The number of aromatic nitrogens is 2. The maximum atomic E-state index is 5.78. The van der Waals surface area contributed by atoms with Crippen LogP contribution in [0.3, 0.4) is 0 Å². The number of para-hydroxylation sites is 2. The van der Waals surface area contributed by atoms with E-state index in [9.17, 15) is 0 Å². The number of H-pyrrole nitrogens is 1. The summed E-state index contributed by atoms with van der Waals surface area (Å²) in [6, 6.07) is 14.8. The van der Waals surface area contributed by atoms with E-state index in [0.717, 1.165) is 29.1 Å². The Labute approximate surface area is 128 Å². The lowest BCUT2D eigenvalue weighted by Gasteiger charge is -2.27. The molecule has 0 amide bonds. The molecule has 1 N–H and O–H groups in total. The van der Waals surface area contributed by atoms with E-state index in [-0.39, 0.29) is 6.04 Å². The second kappa shape index (κ2) is 4.74. The van der Waals surface area contributed by atoms with Gasteiger partial charge in [0.05, 0.1) is 23.7 Å².